The van der Waals surface area contributed by atoms with Gasteiger partial charge in [-0.3, -0.25) is 9.36 Å². The van der Waals surface area contributed by atoms with E-state index in [0.717, 1.165) is 33.4 Å². The molecule has 0 spiro atoms. The summed E-state index contributed by atoms with van der Waals surface area (Å²) < 4.78 is 7.27. The van der Waals surface area contributed by atoms with Crippen LogP contribution in [0.3, 0.4) is 0 Å². The van der Waals surface area contributed by atoms with E-state index in [9.17, 15) is 4.79 Å². The molecule has 0 aliphatic heterocycles. The number of aryl methyl sites for hydroxylation is 1. The van der Waals surface area contributed by atoms with Gasteiger partial charge in [-0.05, 0) is 35.9 Å². The van der Waals surface area contributed by atoms with Crippen LogP contribution in [0.15, 0.2) is 71.9 Å². The summed E-state index contributed by atoms with van der Waals surface area (Å²) in [6.45, 7) is 3.20. The van der Waals surface area contributed by atoms with Crippen molar-refractivity contribution in [1.29, 1.82) is 0 Å². The van der Waals surface area contributed by atoms with Gasteiger partial charge in [0.15, 0.2) is 11.0 Å². The molecule has 0 aliphatic carbocycles. The highest BCUT2D eigenvalue weighted by molar-refractivity contribution is 7.99. The normalized spacial score (nSPS) is 11.0. The van der Waals surface area contributed by atoms with Gasteiger partial charge >= 0.3 is 0 Å². The second kappa shape index (κ2) is 9.76. The number of hydrogen-bond acceptors (Lipinski definition) is 5. The first-order valence-electron chi connectivity index (χ1n) is 10.0. The van der Waals surface area contributed by atoms with Gasteiger partial charge in [0.1, 0.15) is 0 Å². The van der Waals surface area contributed by atoms with Crippen LogP contribution in [-0.4, -0.2) is 40.1 Å². The monoisotopic (exact) mass is 432 g/mol. The molecule has 158 valence electrons. The smallest absolute Gasteiger partial charge is 0.234 e. The number of aromatic nitrogens is 3. The van der Waals surface area contributed by atoms with Crippen LogP contribution in [0.5, 0.6) is 0 Å². The number of anilines is 1. The third-order valence-corrected chi connectivity index (χ3v) is 5.84. The van der Waals surface area contributed by atoms with Gasteiger partial charge in [0.25, 0.3) is 0 Å². The molecule has 0 radical (unpaired) electrons. The molecular formula is C24H24N4O2S. The molecule has 7 heteroatoms. The Morgan fingerprint density at radius 2 is 1.87 bits per heavy atom. The van der Waals surface area contributed by atoms with Crippen LogP contribution in [0.4, 0.5) is 5.69 Å². The molecule has 6 nitrogen and oxygen atoms in total. The Labute approximate surface area is 185 Å². The number of methoxy groups -OCH3 is 1. The van der Waals surface area contributed by atoms with Crippen molar-refractivity contribution in [3.63, 3.8) is 0 Å². The Kier molecular flexibility index (Phi) is 6.64. The lowest BCUT2D eigenvalue weighted by atomic mass is 10.1. The molecule has 0 aliphatic rings. The van der Waals surface area contributed by atoms with E-state index in [4.69, 9.17) is 4.74 Å². The molecule has 0 saturated heterocycles. The minimum absolute atomic E-state index is 0.0846. The number of benzene rings is 3. The van der Waals surface area contributed by atoms with E-state index in [1.165, 1.54) is 11.8 Å². The summed E-state index contributed by atoms with van der Waals surface area (Å²) in [5.74, 6) is 0.933. The van der Waals surface area contributed by atoms with Gasteiger partial charge in [-0.25, -0.2) is 0 Å². The molecule has 31 heavy (non-hydrogen) atoms. The summed E-state index contributed by atoms with van der Waals surface area (Å²) in [7, 11) is 1.67. The first-order chi connectivity index (χ1) is 15.1. The number of fused-ring (bicyclic) bond motifs is 1. The Morgan fingerprint density at radius 1 is 1.03 bits per heavy atom. The highest BCUT2D eigenvalue weighted by Gasteiger charge is 2.16. The molecule has 0 atom stereocenters. The number of nitrogens with zero attached hydrogens (tertiary/aromatic N) is 3. The number of carbonyl (C=O) groups excluding carboxylic acids is 1. The molecule has 1 amide bonds. The molecule has 4 rings (SSSR count). The van der Waals surface area contributed by atoms with Crippen LogP contribution in [0.2, 0.25) is 0 Å². The zero-order chi connectivity index (χ0) is 21.6. The molecule has 0 saturated carbocycles. The summed E-state index contributed by atoms with van der Waals surface area (Å²) in [6, 6.07) is 22.1. The summed E-state index contributed by atoms with van der Waals surface area (Å²) in [4.78, 5) is 12.6. The molecular weight excluding hydrogens is 408 g/mol. The van der Waals surface area contributed by atoms with Crippen LogP contribution in [0.25, 0.3) is 22.2 Å². The molecule has 0 bridgehead atoms. The van der Waals surface area contributed by atoms with Crippen molar-refractivity contribution in [3.05, 3.63) is 72.3 Å². The van der Waals surface area contributed by atoms with Crippen molar-refractivity contribution < 1.29 is 9.53 Å². The van der Waals surface area contributed by atoms with Gasteiger partial charge in [0.2, 0.25) is 5.91 Å². The Bertz CT molecular complexity index is 1210. The number of rotatable bonds is 8. The Morgan fingerprint density at radius 3 is 2.68 bits per heavy atom. The fourth-order valence-electron chi connectivity index (χ4n) is 3.37. The van der Waals surface area contributed by atoms with E-state index < -0.39 is 0 Å². The van der Waals surface area contributed by atoms with Crippen molar-refractivity contribution in [3.8, 4) is 11.4 Å². The predicted octanol–water partition coefficient (Wildman–Crippen LogP) is 4.78. The number of ether oxygens (including phenoxy) is 1. The quantitative estimate of drug-likeness (QED) is 0.406. The minimum atomic E-state index is -0.0846. The first-order valence-corrected chi connectivity index (χ1v) is 11.0. The van der Waals surface area contributed by atoms with E-state index in [1.807, 2.05) is 66.1 Å². The van der Waals surface area contributed by atoms with Crippen molar-refractivity contribution in [1.82, 2.24) is 14.8 Å². The number of hydrogen-bond donors (Lipinski definition) is 1. The number of carbonyl (C=O) groups is 1. The number of nitrogens with one attached hydrogen (secondary N) is 1. The van der Waals surface area contributed by atoms with Crippen LogP contribution >= 0.6 is 11.8 Å². The summed E-state index contributed by atoms with van der Waals surface area (Å²) in [5.41, 5.74) is 2.93. The standard InChI is InChI=1S/C24H24N4O2S/c1-17-6-5-9-20(14-17)23-26-27-24(28(23)12-13-30-2)31-16-22(29)25-21-11-10-18-7-3-4-8-19(18)15-21/h3-11,14-15H,12-13,16H2,1-2H3,(H,25,29). The molecule has 1 aromatic heterocycles. The second-order valence-corrected chi connectivity index (χ2v) is 8.16. The van der Waals surface area contributed by atoms with Crippen molar-refractivity contribution in [2.75, 3.05) is 24.8 Å². The lowest BCUT2D eigenvalue weighted by molar-refractivity contribution is -0.113. The van der Waals surface area contributed by atoms with Gasteiger partial charge in [0.05, 0.1) is 18.9 Å². The van der Waals surface area contributed by atoms with Crippen molar-refractivity contribution in [2.45, 2.75) is 18.6 Å². The largest absolute Gasteiger partial charge is 0.383 e. The number of thioether (sulfide) groups is 1. The van der Waals surface area contributed by atoms with E-state index in [0.29, 0.717) is 18.3 Å². The SMILES string of the molecule is COCCn1c(SCC(=O)Nc2ccc3ccccc3c2)nnc1-c1cccc(C)c1. The maximum atomic E-state index is 12.6. The second-order valence-electron chi connectivity index (χ2n) is 7.22. The Hall–Kier alpha value is -3.16. The molecule has 0 fully saturated rings. The van der Waals surface area contributed by atoms with Gasteiger partial charge < -0.3 is 10.1 Å². The lowest BCUT2D eigenvalue weighted by Crippen LogP contribution is -2.15. The van der Waals surface area contributed by atoms with Crippen LogP contribution in [-0.2, 0) is 16.1 Å². The van der Waals surface area contributed by atoms with Crippen LogP contribution < -0.4 is 5.32 Å². The van der Waals surface area contributed by atoms with E-state index in [1.54, 1.807) is 7.11 Å². The average Bonchev–Trinajstić information content (AvgIpc) is 3.19. The topological polar surface area (TPSA) is 69.0 Å². The van der Waals surface area contributed by atoms with Gasteiger partial charge in [-0.2, -0.15) is 0 Å². The van der Waals surface area contributed by atoms with Gasteiger partial charge in [-0.15, -0.1) is 10.2 Å². The lowest BCUT2D eigenvalue weighted by Gasteiger charge is -2.10. The third-order valence-electron chi connectivity index (χ3n) is 4.88. The molecule has 0 unspecified atom stereocenters. The van der Waals surface area contributed by atoms with Gasteiger partial charge in [0, 0.05) is 18.4 Å². The molecule has 3 aromatic carbocycles. The fourth-order valence-corrected chi connectivity index (χ4v) is 4.14. The fraction of sp³-hybridized carbons (Fsp3) is 0.208. The summed E-state index contributed by atoms with van der Waals surface area (Å²) in [5, 5.41) is 14.6. The summed E-state index contributed by atoms with van der Waals surface area (Å²) >= 11 is 1.37. The zero-order valence-electron chi connectivity index (χ0n) is 17.5. The highest BCUT2D eigenvalue weighted by atomic mass is 32.2. The van der Waals surface area contributed by atoms with E-state index in [-0.39, 0.29) is 11.7 Å². The highest BCUT2D eigenvalue weighted by Crippen LogP contribution is 2.25. The maximum absolute atomic E-state index is 12.6. The molecule has 1 heterocycles. The van der Waals surface area contributed by atoms with Crippen LogP contribution in [0.1, 0.15) is 5.56 Å². The third kappa shape index (κ3) is 5.13. The Balaban J connectivity index is 1.47. The molecule has 4 aromatic rings. The van der Waals surface area contributed by atoms with Crippen molar-refractivity contribution in [2.24, 2.45) is 0 Å². The van der Waals surface area contributed by atoms with E-state index >= 15 is 0 Å². The van der Waals surface area contributed by atoms with E-state index in [2.05, 4.69) is 27.6 Å². The minimum Gasteiger partial charge on any atom is -0.383 e. The number of amides is 1. The zero-order valence-corrected chi connectivity index (χ0v) is 18.4. The molecule has 1 N–H and O–H groups in total. The van der Waals surface area contributed by atoms with Gasteiger partial charge in [-0.1, -0.05) is 65.9 Å². The maximum Gasteiger partial charge on any atom is 0.234 e. The summed E-state index contributed by atoms with van der Waals surface area (Å²) in [6.07, 6.45) is 0. The van der Waals surface area contributed by atoms with Crippen LogP contribution in [0, 0.1) is 6.92 Å². The first kappa shape index (κ1) is 21.1. The predicted molar refractivity (Wildman–Crippen MR) is 125 cm³/mol. The van der Waals surface area contributed by atoms with Crippen molar-refractivity contribution >= 4 is 34.1 Å². The average molecular weight is 433 g/mol.